The Morgan fingerprint density at radius 2 is 0.964 bits per heavy atom. The van der Waals surface area contributed by atoms with Gasteiger partial charge in [-0.25, -0.2) is 0 Å². The van der Waals surface area contributed by atoms with E-state index in [4.69, 9.17) is 0 Å². The molecule has 9 aromatic rings. The second kappa shape index (κ2) is 13.4. The zero-order chi connectivity index (χ0) is 37.0. The average Bonchev–Trinajstić information content (AvgIpc) is 3.79. The standard InChI is InChI=1S/C54H40N2/c1-4-15-37(16-5-1)40-21-14-22-45(32-40)55-51-25-12-10-23-47(51)49-35-41(27-29-53(49)55)42-28-30-54-50(36-42)48-24-11-13-26-52(48)56(54)46-33-43(38-17-6-2-7-18-38)31-44(34-46)39-19-8-3-9-20-39/h1-9,11-22,24-36,47,51H,10,23H2. The predicted octanol–water partition coefficient (Wildman–Crippen LogP) is 14.4. The van der Waals surface area contributed by atoms with Gasteiger partial charge in [0.25, 0.3) is 0 Å². The topological polar surface area (TPSA) is 8.17 Å². The number of rotatable bonds is 6. The molecule has 0 radical (unpaired) electrons. The van der Waals surface area contributed by atoms with E-state index in [1.54, 1.807) is 0 Å². The summed E-state index contributed by atoms with van der Waals surface area (Å²) < 4.78 is 2.45. The first-order valence-corrected chi connectivity index (χ1v) is 19.8. The van der Waals surface area contributed by atoms with Crippen LogP contribution in [0.5, 0.6) is 0 Å². The number of nitrogens with zero attached hydrogens (tertiary/aromatic N) is 2. The monoisotopic (exact) mass is 716 g/mol. The molecule has 0 fully saturated rings. The maximum atomic E-state index is 2.58. The van der Waals surface area contributed by atoms with E-state index in [-0.39, 0.29) is 0 Å². The molecule has 0 saturated carbocycles. The predicted molar refractivity (Wildman–Crippen MR) is 236 cm³/mol. The number of benzene rings is 8. The zero-order valence-corrected chi connectivity index (χ0v) is 31.1. The van der Waals surface area contributed by atoms with Crippen molar-refractivity contribution in [1.29, 1.82) is 0 Å². The van der Waals surface area contributed by atoms with Gasteiger partial charge >= 0.3 is 0 Å². The zero-order valence-electron chi connectivity index (χ0n) is 31.1. The van der Waals surface area contributed by atoms with Gasteiger partial charge in [-0.3, -0.25) is 0 Å². The summed E-state index contributed by atoms with van der Waals surface area (Å²) in [6.45, 7) is 0. The van der Waals surface area contributed by atoms with Crippen LogP contribution in [0.4, 0.5) is 11.4 Å². The van der Waals surface area contributed by atoms with Gasteiger partial charge in [0.1, 0.15) is 0 Å². The molecule has 1 aliphatic heterocycles. The fourth-order valence-corrected chi connectivity index (χ4v) is 9.38. The van der Waals surface area contributed by atoms with Crippen molar-refractivity contribution in [2.24, 2.45) is 0 Å². The molecular formula is C54H40N2. The summed E-state index contributed by atoms with van der Waals surface area (Å²) in [6, 6.07) is 71.7. The Labute approximate surface area is 328 Å². The number of hydrogen-bond acceptors (Lipinski definition) is 1. The van der Waals surface area contributed by atoms with Gasteiger partial charge in [0.2, 0.25) is 0 Å². The van der Waals surface area contributed by atoms with E-state index in [0.717, 1.165) is 18.5 Å². The van der Waals surface area contributed by atoms with Gasteiger partial charge in [-0.05, 0) is 124 Å². The molecule has 2 unspecified atom stereocenters. The van der Waals surface area contributed by atoms with Gasteiger partial charge in [0, 0.05) is 33.8 Å². The SMILES string of the molecule is C1=CC2C(CC1)c1cc(-c3ccc4c(c3)c3ccccc3n4-c3cc(-c4ccccc4)cc(-c4ccccc4)c3)ccc1N2c1cccc(-c2ccccc2)c1. The summed E-state index contributed by atoms with van der Waals surface area (Å²) in [6.07, 6.45) is 7.10. The fourth-order valence-electron chi connectivity index (χ4n) is 9.38. The second-order valence-corrected chi connectivity index (χ2v) is 15.2. The van der Waals surface area contributed by atoms with Crippen LogP contribution in [-0.4, -0.2) is 10.6 Å². The van der Waals surface area contributed by atoms with Crippen molar-refractivity contribution in [2.45, 2.75) is 24.8 Å². The molecule has 1 aliphatic carbocycles. The van der Waals surface area contributed by atoms with E-state index < -0.39 is 0 Å². The first-order chi connectivity index (χ1) is 27.8. The molecule has 56 heavy (non-hydrogen) atoms. The quantitative estimate of drug-likeness (QED) is 0.156. The van der Waals surface area contributed by atoms with Gasteiger partial charge in [0.05, 0.1) is 17.1 Å². The highest BCUT2D eigenvalue weighted by atomic mass is 15.2. The lowest BCUT2D eigenvalue weighted by Gasteiger charge is -2.30. The molecule has 0 N–H and O–H groups in total. The number of allylic oxidation sites excluding steroid dienone is 1. The highest BCUT2D eigenvalue weighted by molar-refractivity contribution is 6.10. The van der Waals surface area contributed by atoms with E-state index >= 15 is 0 Å². The Balaban J connectivity index is 1.03. The molecule has 2 heterocycles. The first-order valence-electron chi connectivity index (χ1n) is 19.8. The Kier molecular flexibility index (Phi) is 7.81. The summed E-state index contributed by atoms with van der Waals surface area (Å²) in [5, 5.41) is 2.53. The van der Waals surface area contributed by atoms with E-state index in [1.165, 1.54) is 83.3 Å². The summed E-state index contributed by atoms with van der Waals surface area (Å²) >= 11 is 0. The summed E-state index contributed by atoms with van der Waals surface area (Å²) in [5.74, 6) is 0.455. The molecule has 11 rings (SSSR count). The number of hydrogen-bond donors (Lipinski definition) is 0. The highest BCUT2D eigenvalue weighted by Gasteiger charge is 2.39. The third-order valence-electron chi connectivity index (χ3n) is 12.0. The van der Waals surface area contributed by atoms with Crippen LogP contribution in [0.15, 0.2) is 206 Å². The van der Waals surface area contributed by atoms with Gasteiger partial charge in [-0.1, -0.05) is 146 Å². The van der Waals surface area contributed by atoms with Gasteiger partial charge in [0.15, 0.2) is 0 Å². The van der Waals surface area contributed by atoms with E-state index in [9.17, 15) is 0 Å². The molecule has 0 bridgehead atoms. The summed E-state index contributed by atoms with van der Waals surface area (Å²) in [7, 11) is 0. The maximum absolute atomic E-state index is 2.58. The van der Waals surface area contributed by atoms with Crippen molar-refractivity contribution in [3.05, 3.63) is 212 Å². The number of aromatic nitrogens is 1. The molecular weight excluding hydrogens is 677 g/mol. The van der Waals surface area contributed by atoms with Crippen molar-refractivity contribution < 1.29 is 0 Å². The smallest absolute Gasteiger partial charge is 0.0591 e. The van der Waals surface area contributed by atoms with Crippen LogP contribution in [0.3, 0.4) is 0 Å². The molecule has 266 valence electrons. The largest absolute Gasteiger partial charge is 0.334 e. The van der Waals surface area contributed by atoms with E-state index in [0.29, 0.717) is 12.0 Å². The highest BCUT2D eigenvalue weighted by Crippen LogP contribution is 2.51. The molecule has 2 nitrogen and oxygen atoms in total. The van der Waals surface area contributed by atoms with Crippen molar-refractivity contribution in [3.63, 3.8) is 0 Å². The number of anilines is 2. The molecule has 2 atom stereocenters. The molecule has 0 amide bonds. The van der Waals surface area contributed by atoms with Crippen LogP contribution in [0.2, 0.25) is 0 Å². The first kappa shape index (κ1) is 32.5. The van der Waals surface area contributed by atoms with Crippen molar-refractivity contribution in [2.75, 3.05) is 4.90 Å². The maximum Gasteiger partial charge on any atom is 0.0591 e. The van der Waals surface area contributed by atoms with Gasteiger partial charge in [-0.15, -0.1) is 0 Å². The van der Waals surface area contributed by atoms with Crippen LogP contribution >= 0.6 is 0 Å². The molecule has 0 saturated heterocycles. The van der Waals surface area contributed by atoms with Crippen LogP contribution < -0.4 is 4.90 Å². The molecule has 2 heteroatoms. The normalized spacial score (nSPS) is 16.0. The fraction of sp³-hybridized carbons (Fsp3) is 0.0741. The molecule has 0 spiro atoms. The van der Waals surface area contributed by atoms with E-state index in [1.807, 2.05) is 0 Å². The van der Waals surface area contributed by atoms with Crippen LogP contribution in [-0.2, 0) is 0 Å². The lowest BCUT2D eigenvalue weighted by atomic mass is 9.85. The minimum atomic E-state index is 0.313. The summed E-state index contributed by atoms with van der Waals surface area (Å²) in [5.41, 5.74) is 17.5. The van der Waals surface area contributed by atoms with Crippen molar-refractivity contribution >= 4 is 33.2 Å². The number of fused-ring (bicyclic) bond motifs is 6. The van der Waals surface area contributed by atoms with Crippen molar-refractivity contribution in [1.82, 2.24) is 4.57 Å². The Morgan fingerprint density at radius 1 is 0.393 bits per heavy atom. The third-order valence-corrected chi connectivity index (χ3v) is 12.0. The minimum absolute atomic E-state index is 0.313. The van der Waals surface area contributed by atoms with E-state index in [2.05, 4.69) is 216 Å². The third kappa shape index (κ3) is 5.48. The molecule has 8 aromatic carbocycles. The molecule has 2 aliphatic rings. The van der Waals surface area contributed by atoms with Gasteiger partial charge < -0.3 is 9.47 Å². The minimum Gasteiger partial charge on any atom is -0.334 e. The lowest BCUT2D eigenvalue weighted by Crippen LogP contribution is -2.29. The molecule has 1 aromatic heterocycles. The van der Waals surface area contributed by atoms with Gasteiger partial charge in [-0.2, -0.15) is 0 Å². The number of para-hydroxylation sites is 1. The van der Waals surface area contributed by atoms with Crippen LogP contribution in [0, 0.1) is 0 Å². The Hall–Kier alpha value is -6.90. The van der Waals surface area contributed by atoms with Crippen LogP contribution in [0.25, 0.3) is 72.0 Å². The average molecular weight is 717 g/mol. The Morgan fingerprint density at radius 3 is 1.70 bits per heavy atom. The Bertz CT molecular complexity index is 2860. The lowest BCUT2D eigenvalue weighted by molar-refractivity contribution is 0.573. The second-order valence-electron chi connectivity index (χ2n) is 15.2. The summed E-state index contributed by atoms with van der Waals surface area (Å²) in [4.78, 5) is 2.58. The van der Waals surface area contributed by atoms with Crippen molar-refractivity contribution in [3.8, 4) is 50.2 Å². The van der Waals surface area contributed by atoms with Crippen LogP contribution in [0.1, 0.15) is 24.3 Å².